The fraction of sp³-hybridized carbons (Fsp3) is 0.200. The summed E-state index contributed by atoms with van der Waals surface area (Å²) in [5.74, 6) is 0. The molecule has 1 aromatic carbocycles. The summed E-state index contributed by atoms with van der Waals surface area (Å²) in [6.07, 6.45) is 0. The Morgan fingerprint density at radius 1 is 1.28 bits per heavy atom. The zero-order chi connectivity index (χ0) is 13.7. The third kappa shape index (κ3) is 1.85. The second kappa shape index (κ2) is 3.79. The van der Waals surface area contributed by atoms with Gasteiger partial charge in [-0.2, -0.15) is 8.42 Å². The molecule has 2 aromatic rings. The molecular formula is C10H10N2O5S. The maximum atomic E-state index is 11.6. The van der Waals surface area contributed by atoms with Crippen molar-refractivity contribution in [2.45, 2.75) is 11.8 Å². The third-order valence-corrected chi connectivity index (χ3v) is 3.47. The quantitative estimate of drug-likeness (QED) is 0.696. The van der Waals surface area contributed by atoms with Gasteiger partial charge in [0.1, 0.15) is 4.90 Å². The first-order valence-corrected chi connectivity index (χ1v) is 6.37. The SMILES string of the molecule is Cc1cc(S(=O)(=O)O)c2c(c1)c(=O)[nH]c(=O)n2C. The summed E-state index contributed by atoms with van der Waals surface area (Å²) >= 11 is 0. The molecule has 96 valence electrons. The van der Waals surface area contributed by atoms with Crippen LogP contribution in [0.25, 0.3) is 10.9 Å². The molecule has 0 aliphatic rings. The number of hydrogen-bond acceptors (Lipinski definition) is 4. The molecular weight excluding hydrogens is 260 g/mol. The van der Waals surface area contributed by atoms with Crippen LogP contribution in [-0.2, 0) is 17.2 Å². The highest BCUT2D eigenvalue weighted by molar-refractivity contribution is 7.86. The number of nitrogens with zero attached hydrogens (tertiary/aromatic N) is 1. The van der Waals surface area contributed by atoms with E-state index in [0.717, 1.165) is 4.57 Å². The molecule has 0 saturated carbocycles. The fourth-order valence-corrected chi connectivity index (χ4v) is 2.64. The minimum atomic E-state index is -4.52. The van der Waals surface area contributed by atoms with Crippen molar-refractivity contribution in [2.75, 3.05) is 0 Å². The van der Waals surface area contributed by atoms with Crippen molar-refractivity contribution in [3.05, 3.63) is 38.5 Å². The number of aromatic nitrogens is 2. The summed E-state index contributed by atoms with van der Waals surface area (Å²) in [4.78, 5) is 24.7. The predicted octanol–water partition coefficient (Wildman–Crippen LogP) is -0.218. The Balaban J connectivity index is 3.24. The average Bonchev–Trinajstić information content (AvgIpc) is 2.23. The predicted molar refractivity (Wildman–Crippen MR) is 64.4 cm³/mol. The molecule has 0 fully saturated rings. The van der Waals surface area contributed by atoms with Crippen molar-refractivity contribution in [2.24, 2.45) is 7.05 Å². The van der Waals surface area contributed by atoms with Gasteiger partial charge in [-0.15, -0.1) is 0 Å². The molecule has 0 unspecified atom stereocenters. The van der Waals surface area contributed by atoms with Gasteiger partial charge in [0.25, 0.3) is 15.7 Å². The van der Waals surface area contributed by atoms with Crippen LogP contribution in [-0.4, -0.2) is 22.5 Å². The molecule has 2 N–H and O–H groups in total. The van der Waals surface area contributed by atoms with Gasteiger partial charge in [0.2, 0.25) is 0 Å². The third-order valence-electron chi connectivity index (χ3n) is 2.60. The van der Waals surface area contributed by atoms with Crippen LogP contribution in [0.3, 0.4) is 0 Å². The van der Waals surface area contributed by atoms with E-state index in [1.165, 1.54) is 19.2 Å². The lowest BCUT2D eigenvalue weighted by Gasteiger charge is -2.08. The summed E-state index contributed by atoms with van der Waals surface area (Å²) in [5, 5.41) is 0.0322. The number of benzene rings is 1. The van der Waals surface area contributed by atoms with E-state index in [9.17, 15) is 18.0 Å². The Labute approximate surface area is 101 Å². The highest BCUT2D eigenvalue weighted by Crippen LogP contribution is 2.20. The van der Waals surface area contributed by atoms with Crippen LogP contribution in [0.4, 0.5) is 0 Å². The summed E-state index contributed by atoms with van der Waals surface area (Å²) in [6, 6.07) is 2.65. The van der Waals surface area contributed by atoms with Crippen LogP contribution in [0.15, 0.2) is 26.6 Å². The Bertz CT molecular complexity index is 860. The second-order valence-electron chi connectivity index (χ2n) is 3.95. The smallest absolute Gasteiger partial charge is 0.295 e. The first-order valence-electron chi connectivity index (χ1n) is 4.93. The van der Waals surface area contributed by atoms with Gasteiger partial charge >= 0.3 is 5.69 Å². The van der Waals surface area contributed by atoms with Gasteiger partial charge in [0, 0.05) is 7.05 Å². The number of nitrogens with one attached hydrogen (secondary N) is 1. The molecule has 0 amide bonds. The summed E-state index contributed by atoms with van der Waals surface area (Å²) in [6.45, 7) is 1.58. The fourth-order valence-electron chi connectivity index (χ4n) is 1.81. The van der Waals surface area contributed by atoms with Gasteiger partial charge in [-0.05, 0) is 24.6 Å². The minimum absolute atomic E-state index is 0.0322. The van der Waals surface area contributed by atoms with Crippen molar-refractivity contribution in [3.63, 3.8) is 0 Å². The summed E-state index contributed by atoms with van der Waals surface area (Å²) in [5.41, 5.74) is -1.07. The number of rotatable bonds is 1. The molecule has 0 saturated heterocycles. The van der Waals surface area contributed by atoms with Crippen molar-refractivity contribution in [3.8, 4) is 0 Å². The Hall–Kier alpha value is -1.93. The monoisotopic (exact) mass is 270 g/mol. The van der Waals surface area contributed by atoms with E-state index < -0.39 is 26.3 Å². The van der Waals surface area contributed by atoms with Gasteiger partial charge in [-0.3, -0.25) is 18.9 Å². The lowest BCUT2D eigenvalue weighted by molar-refractivity contribution is 0.483. The molecule has 7 nitrogen and oxygen atoms in total. The largest absolute Gasteiger partial charge is 0.328 e. The minimum Gasteiger partial charge on any atom is -0.295 e. The van der Waals surface area contributed by atoms with Gasteiger partial charge in [0.05, 0.1) is 10.9 Å². The zero-order valence-electron chi connectivity index (χ0n) is 9.59. The Kier molecular flexibility index (Phi) is 2.63. The molecule has 1 aromatic heterocycles. The molecule has 0 bridgehead atoms. The first-order chi connectivity index (χ1) is 8.21. The molecule has 18 heavy (non-hydrogen) atoms. The van der Waals surface area contributed by atoms with Crippen LogP contribution in [0.1, 0.15) is 5.56 Å². The summed E-state index contributed by atoms with van der Waals surface area (Å²) in [7, 11) is -3.21. The number of aryl methyl sites for hydroxylation is 2. The van der Waals surface area contributed by atoms with Crippen molar-refractivity contribution in [1.29, 1.82) is 0 Å². The highest BCUT2D eigenvalue weighted by Gasteiger charge is 2.19. The van der Waals surface area contributed by atoms with Gasteiger partial charge in [-0.25, -0.2) is 4.79 Å². The van der Waals surface area contributed by atoms with Crippen LogP contribution >= 0.6 is 0 Å². The van der Waals surface area contributed by atoms with E-state index in [4.69, 9.17) is 4.55 Å². The lowest BCUT2D eigenvalue weighted by Crippen LogP contribution is -2.29. The average molecular weight is 270 g/mol. The standard InChI is InChI=1S/C10H10N2O5S/c1-5-3-6-8(7(4-5)18(15,16)17)12(2)10(14)11-9(6)13/h3-4H,1-2H3,(H,11,13,14)(H,15,16,17). The van der Waals surface area contributed by atoms with Crippen LogP contribution < -0.4 is 11.2 Å². The van der Waals surface area contributed by atoms with E-state index >= 15 is 0 Å². The molecule has 0 atom stereocenters. The van der Waals surface area contributed by atoms with E-state index in [1.807, 2.05) is 0 Å². The van der Waals surface area contributed by atoms with Crippen LogP contribution in [0.2, 0.25) is 0 Å². The van der Waals surface area contributed by atoms with Gasteiger partial charge in [0.15, 0.2) is 0 Å². The maximum Gasteiger partial charge on any atom is 0.328 e. The van der Waals surface area contributed by atoms with Crippen LogP contribution in [0, 0.1) is 6.92 Å². The highest BCUT2D eigenvalue weighted by atomic mass is 32.2. The second-order valence-corrected chi connectivity index (χ2v) is 5.34. The normalized spacial score (nSPS) is 11.9. The molecule has 2 rings (SSSR count). The lowest BCUT2D eigenvalue weighted by atomic mass is 10.1. The van der Waals surface area contributed by atoms with Crippen molar-refractivity contribution < 1.29 is 13.0 Å². The summed E-state index contributed by atoms with van der Waals surface area (Å²) < 4.78 is 32.7. The Morgan fingerprint density at radius 3 is 2.44 bits per heavy atom. The van der Waals surface area contributed by atoms with Gasteiger partial charge in [-0.1, -0.05) is 0 Å². The van der Waals surface area contributed by atoms with Crippen molar-refractivity contribution in [1.82, 2.24) is 9.55 Å². The molecule has 0 aliphatic heterocycles. The molecule has 0 spiro atoms. The van der Waals surface area contributed by atoms with E-state index in [1.54, 1.807) is 6.92 Å². The van der Waals surface area contributed by atoms with E-state index in [-0.39, 0.29) is 10.9 Å². The number of H-pyrrole nitrogens is 1. The molecule has 1 heterocycles. The molecule has 0 aliphatic carbocycles. The van der Waals surface area contributed by atoms with E-state index in [2.05, 4.69) is 4.98 Å². The number of hydrogen-bond donors (Lipinski definition) is 2. The molecule has 8 heteroatoms. The van der Waals surface area contributed by atoms with Crippen LogP contribution in [0.5, 0.6) is 0 Å². The van der Waals surface area contributed by atoms with Crippen molar-refractivity contribution >= 4 is 21.0 Å². The maximum absolute atomic E-state index is 11.6. The number of aromatic amines is 1. The van der Waals surface area contributed by atoms with Gasteiger partial charge < -0.3 is 0 Å². The Morgan fingerprint density at radius 2 is 1.89 bits per heavy atom. The number of fused-ring (bicyclic) bond motifs is 1. The van der Waals surface area contributed by atoms with E-state index in [0.29, 0.717) is 5.56 Å². The first kappa shape index (κ1) is 12.5. The molecule has 0 radical (unpaired) electrons. The topological polar surface area (TPSA) is 109 Å². The zero-order valence-corrected chi connectivity index (χ0v) is 10.4.